The molecule has 0 aromatic rings. The van der Waals surface area contributed by atoms with Crippen molar-refractivity contribution in [1.82, 2.24) is 4.90 Å². The van der Waals surface area contributed by atoms with Crippen molar-refractivity contribution < 1.29 is 9.47 Å². The second-order valence-electron chi connectivity index (χ2n) is 4.55. The van der Waals surface area contributed by atoms with Crippen LogP contribution in [-0.2, 0) is 9.47 Å². The fourth-order valence-electron chi connectivity index (χ4n) is 2.34. The van der Waals surface area contributed by atoms with E-state index in [0.29, 0.717) is 18.5 Å². The lowest BCUT2D eigenvalue weighted by Crippen LogP contribution is -2.43. The van der Waals surface area contributed by atoms with E-state index < -0.39 is 0 Å². The van der Waals surface area contributed by atoms with Gasteiger partial charge in [-0.3, -0.25) is 4.90 Å². The molecule has 0 spiro atoms. The molecule has 4 heteroatoms. The number of ether oxygens (including phenoxy) is 2. The van der Waals surface area contributed by atoms with Gasteiger partial charge in [-0.05, 0) is 5.92 Å². The highest BCUT2D eigenvalue weighted by molar-refractivity contribution is 4.90. The van der Waals surface area contributed by atoms with Crippen molar-refractivity contribution in [2.24, 2.45) is 11.7 Å². The average molecular weight is 216 g/mol. The van der Waals surface area contributed by atoms with Crippen LogP contribution in [0.15, 0.2) is 0 Å². The Labute approximate surface area is 92.7 Å². The predicted octanol–water partition coefficient (Wildman–Crippen LogP) is 0.315. The first kappa shape index (κ1) is 12.9. The molecule has 3 unspecified atom stereocenters. The minimum Gasteiger partial charge on any atom is -0.377 e. The number of nitrogens with zero attached hydrogens (tertiary/aromatic N) is 1. The summed E-state index contributed by atoms with van der Waals surface area (Å²) in [7, 11) is 3.49. The van der Waals surface area contributed by atoms with E-state index in [9.17, 15) is 0 Å². The van der Waals surface area contributed by atoms with Crippen molar-refractivity contribution in [2.75, 3.05) is 33.9 Å². The van der Waals surface area contributed by atoms with Gasteiger partial charge in [0.25, 0.3) is 0 Å². The van der Waals surface area contributed by atoms with Gasteiger partial charge in [0.15, 0.2) is 0 Å². The van der Waals surface area contributed by atoms with Gasteiger partial charge in [0.2, 0.25) is 0 Å². The van der Waals surface area contributed by atoms with Crippen LogP contribution < -0.4 is 5.73 Å². The molecule has 4 nitrogen and oxygen atoms in total. The lowest BCUT2D eigenvalue weighted by Gasteiger charge is -2.29. The summed E-state index contributed by atoms with van der Waals surface area (Å²) in [4.78, 5) is 2.38. The highest BCUT2D eigenvalue weighted by atomic mass is 16.5. The van der Waals surface area contributed by atoms with Crippen molar-refractivity contribution in [3.63, 3.8) is 0 Å². The zero-order valence-corrected chi connectivity index (χ0v) is 10.3. The number of hydrogen-bond donors (Lipinski definition) is 1. The summed E-state index contributed by atoms with van der Waals surface area (Å²) < 4.78 is 10.8. The molecule has 1 rings (SSSR count). The molecule has 1 heterocycles. The zero-order valence-electron chi connectivity index (χ0n) is 10.3. The van der Waals surface area contributed by atoms with Gasteiger partial charge in [-0.15, -0.1) is 0 Å². The molecule has 0 amide bonds. The number of hydrogen-bond acceptors (Lipinski definition) is 4. The van der Waals surface area contributed by atoms with Crippen LogP contribution in [-0.4, -0.2) is 57.0 Å². The van der Waals surface area contributed by atoms with Crippen LogP contribution >= 0.6 is 0 Å². The Hall–Kier alpha value is -0.160. The van der Waals surface area contributed by atoms with Crippen molar-refractivity contribution in [1.29, 1.82) is 0 Å². The highest BCUT2D eigenvalue weighted by Crippen LogP contribution is 2.21. The van der Waals surface area contributed by atoms with Crippen molar-refractivity contribution in [2.45, 2.75) is 32.1 Å². The van der Waals surface area contributed by atoms with Crippen LogP contribution in [0.3, 0.4) is 0 Å². The molecule has 0 radical (unpaired) electrons. The SMILES string of the molecule is COC1CN(C(CN)C(C)C)CC1OC. The molecule has 1 saturated heterocycles. The third-order valence-electron chi connectivity index (χ3n) is 3.33. The minimum absolute atomic E-state index is 0.183. The van der Waals surface area contributed by atoms with E-state index in [2.05, 4.69) is 18.7 Å². The summed E-state index contributed by atoms with van der Waals surface area (Å²) >= 11 is 0. The van der Waals surface area contributed by atoms with E-state index in [1.54, 1.807) is 14.2 Å². The maximum Gasteiger partial charge on any atom is 0.0971 e. The van der Waals surface area contributed by atoms with Crippen LogP contribution in [0, 0.1) is 5.92 Å². The molecule has 0 aromatic carbocycles. The third-order valence-corrected chi connectivity index (χ3v) is 3.33. The molecule has 3 atom stereocenters. The topological polar surface area (TPSA) is 47.7 Å². The van der Waals surface area contributed by atoms with Crippen LogP contribution in [0.2, 0.25) is 0 Å². The van der Waals surface area contributed by atoms with Gasteiger partial charge in [0.1, 0.15) is 0 Å². The summed E-state index contributed by atoms with van der Waals surface area (Å²) in [6.45, 7) is 6.97. The monoisotopic (exact) mass is 216 g/mol. The second kappa shape index (κ2) is 5.80. The Morgan fingerprint density at radius 2 is 1.67 bits per heavy atom. The average Bonchev–Trinajstić information content (AvgIpc) is 2.61. The van der Waals surface area contributed by atoms with Gasteiger partial charge in [-0.25, -0.2) is 0 Å². The summed E-state index contributed by atoms with van der Waals surface area (Å²) in [5, 5.41) is 0. The summed E-state index contributed by atoms with van der Waals surface area (Å²) in [6.07, 6.45) is 0.366. The number of rotatable bonds is 5. The quantitative estimate of drug-likeness (QED) is 0.719. The molecule has 1 aliphatic heterocycles. The molecular weight excluding hydrogens is 192 g/mol. The molecule has 0 aliphatic carbocycles. The van der Waals surface area contributed by atoms with E-state index in [4.69, 9.17) is 15.2 Å². The highest BCUT2D eigenvalue weighted by Gasteiger charge is 2.36. The third kappa shape index (κ3) is 2.91. The molecule has 0 aromatic heterocycles. The standard InChI is InChI=1S/C11H24N2O2/c1-8(2)9(5-12)13-6-10(14-3)11(7-13)15-4/h8-11H,5-7,12H2,1-4H3. The molecule has 1 aliphatic rings. The van der Waals surface area contributed by atoms with Gasteiger partial charge in [-0.2, -0.15) is 0 Å². The van der Waals surface area contributed by atoms with Crippen molar-refractivity contribution >= 4 is 0 Å². The first-order chi connectivity index (χ1) is 7.13. The maximum atomic E-state index is 5.80. The molecule has 0 saturated carbocycles. The molecule has 1 fully saturated rings. The molecular formula is C11H24N2O2. The smallest absolute Gasteiger partial charge is 0.0971 e. The minimum atomic E-state index is 0.183. The van der Waals surface area contributed by atoms with Crippen molar-refractivity contribution in [3.05, 3.63) is 0 Å². The van der Waals surface area contributed by atoms with Gasteiger partial charge < -0.3 is 15.2 Å². The zero-order chi connectivity index (χ0) is 11.4. The number of nitrogens with two attached hydrogens (primary N) is 1. The summed E-state index contributed by atoms with van der Waals surface area (Å²) in [6, 6.07) is 0.433. The van der Waals surface area contributed by atoms with Crippen molar-refractivity contribution in [3.8, 4) is 0 Å². The first-order valence-corrected chi connectivity index (χ1v) is 5.63. The lowest BCUT2D eigenvalue weighted by atomic mass is 10.0. The van der Waals surface area contributed by atoms with Gasteiger partial charge in [0, 0.05) is 39.9 Å². The largest absolute Gasteiger partial charge is 0.377 e. The van der Waals surface area contributed by atoms with Crippen LogP contribution in [0.4, 0.5) is 0 Å². The van der Waals surface area contributed by atoms with Gasteiger partial charge in [-0.1, -0.05) is 13.8 Å². The van der Waals surface area contributed by atoms with E-state index in [0.717, 1.165) is 13.1 Å². The fraction of sp³-hybridized carbons (Fsp3) is 1.00. The molecule has 2 N–H and O–H groups in total. The Bertz CT molecular complexity index is 175. The Kier molecular flexibility index (Phi) is 4.99. The van der Waals surface area contributed by atoms with E-state index in [1.807, 2.05) is 0 Å². The van der Waals surface area contributed by atoms with Crippen LogP contribution in [0.25, 0.3) is 0 Å². The Balaban J connectivity index is 2.58. The van der Waals surface area contributed by atoms with Gasteiger partial charge >= 0.3 is 0 Å². The Morgan fingerprint density at radius 1 is 1.20 bits per heavy atom. The predicted molar refractivity (Wildman–Crippen MR) is 60.8 cm³/mol. The molecule has 15 heavy (non-hydrogen) atoms. The number of likely N-dealkylation sites (tertiary alicyclic amines) is 1. The maximum absolute atomic E-state index is 5.80. The van der Waals surface area contributed by atoms with E-state index in [-0.39, 0.29) is 12.2 Å². The van der Waals surface area contributed by atoms with Gasteiger partial charge in [0.05, 0.1) is 12.2 Å². The molecule has 90 valence electrons. The number of methoxy groups -OCH3 is 2. The summed E-state index contributed by atoms with van der Waals surface area (Å²) in [5.74, 6) is 0.572. The molecule has 0 bridgehead atoms. The lowest BCUT2D eigenvalue weighted by molar-refractivity contribution is -0.00461. The van der Waals surface area contributed by atoms with Crippen LogP contribution in [0.5, 0.6) is 0 Å². The first-order valence-electron chi connectivity index (χ1n) is 5.63. The fourth-order valence-corrected chi connectivity index (χ4v) is 2.34. The van der Waals surface area contributed by atoms with E-state index in [1.165, 1.54) is 0 Å². The summed E-state index contributed by atoms with van der Waals surface area (Å²) in [5.41, 5.74) is 5.80. The van der Waals surface area contributed by atoms with Crippen LogP contribution in [0.1, 0.15) is 13.8 Å². The second-order valence-corrected chi connectivity index (χ2v) is 4.55. The van der Waals surface area contributed by atoms with E-state index >= 15 is 0 Å². The Morgan fingerprint density at radius 3 is 1.93 bits per heavy atom. The normalized spacial score (nSPS) is 30.0.